The predicted octanol–water partition coefficient (Wildman–Crippen LogP) is 3.73. The number of anilines is 1. The van der Waals surface area contributed by atoms with Gasteiger partial charge in [-0.15, -0.1) is 0 Å². The van der Waals surface area contributed by atoms with Crippen LogP contribution in [0, 0.1) is 0 Å². The monoisotopic (exact) mass is 332 g/mol. The molecule has 0 unspecified atom stereocenters. The third kappa shape index (κ3) is 5.13. The maximum atomic E-state index is 11.4. The van der Waals surface area contributed by atoms with Gasteiger partial charge in [-0.05, 0) is 12.8 Å². The molecule has 1 aliphatic carbocycles. The fourth-order valence-corrected chi connectivity index (χ4v) is 3.52. The molecule has 1 aliphatic rings. The highest BCUT2D eigenvalue weighted by atomic mass is 35.5. The van der Waals surface area contributed by atoms with Gasteiger partial charge in [0.15, 0.2) is 15.2 Å². The van der Waals surface area contributed by atoms with Crippen molar-refractivity contribution in [2.45, 2.75) is 44.6 Å². The number of nitrogens with one attached hydrogen (secondary N) is 1. The molecule has 0 spiro atoms. The van der Waals surface area contributed by atoms with E-state index in [1.54, 1.807) is 0 Å². The summed E-state index contributed by atoms with van der Waals surface area (Å²) >= 11 is 7.10. The van der Waals surface area contributed by atoms with Gasteiger partial charge in [0.1, 0.15) is 0 Å². The fourth-order valence-electron chi connectivity index (χ4n) is 2.39. The first-order valence-corrected chi connectivity index (χ1v) is 8.50. The molecule has 0 atom stereocenters. The Morgan fingerprint density at radius 1 is 1.38 bits per heavy atom. The van der Waals surface area contributed by atoms with Crippen LogP contribution in [0.3, 0.4) is 0 Å². The van der Waals surface area contributed by atoms with Crippen molar-refractivity contribution < 1.29 is 14.3 Å². The second-order valence-corrected chi connectivity index (χ2v) is 6.40. The van der Waals surface area contributed by atoms with E-state index in [0.29, 0.717) is 29.3 Å². The third-order valence-corrected chi connectivity index (χ3v) is 4.87. The lowest BCUT2D eigenvalue weighted by Gasteiger charge is -2.15. The minimum atomic E-state index is -0.458. The second-order valence-electron chi connectivity index (χ2n) is 5.04. The van der Waals surface area contributed by atoms with Crippen molar-refractivity contribution in [3.63, 3.8) is 0 Å². The summed E-state index contributed by atoms with van der Waals surface area (Å²) in [4.78, 5) is 15.8. The second kappa shape index (κ2) is 8.56. The van der Waals surface area contributed by atoms with Gasteiger partial charge in [0.05, 0.1) is 19.8 Å². The first-order valence-electron chi connectivity index (χ1n) is 7.31. The lowest BCUT2D eigenvalue weighted by atomic mass is 10.1. The molecule has 1 N–H and O–H groups in total. The fraction of sp³-hybridized carbons (Fsp3) is 0.714. The van der Waals surface area contributed by atoms with E-state index in [2.05, 4.69) is 15.0 Å². The van der Waals surface area contributed by atoms with Gasteiger partial charge in [0.25, 0.3) is 0 Å². The zero-order chi connectivity index (χ0) is 15.1. The number of nitrogens with zero attached hydrogens (tertiary/aromatic N) is 1. The molecule has 0 aromatic carbocycles. The molecule has 1 aromatic heterocycles. The van der Waals surface area contributed by atoms with Gasteiger partial charge in [0.2, 0.25) is 0 Å². The molecule has 1 fully saturated rings. The molecular weight excluding hydrogens is 312 g/mol. The molecule has 5 nitrogen and oxygen atoms in total. The van der Waals surface area contributed by atoms with Gasteiger partial charge < -0.3 is 14.8 Å². The highest BCUT2D eigenvalue weighted by Crippen LogP contribution is 2.27. The number of methoxy groups -OCH3 is 1. The van der Waals surface area contributed by atoms with Crippen LogP contribution in [-0.2, 0) is 9.47 Å². The number of carbonyl (C=O) groups is 1. The molecule has 0 radical (unpaired) electrons. The number of carbonyl (C=O) groups excluding carboxylic acids is 1. The molecule has 7 heteroatoms. The molecule has 0 amide bonds. The van der Waals surface area contributed by atoms with Gasteiger partial charge in [-0.25, -0.2) is 9.78 Å². The first-order chi connectivity index (χ1) is 10.2. The zero-order valence-electron chi connectivity index (χ0n) is 12.2. The Balaban J connectivity index is 1.72. The summed E-state index contributed by atoms with van der Waals surface area (Å²) in [5.74, 6) is -0.458. The summed E-state index contributed by atoms with van der Waals surface area (Å²) < 4.78 is 10.5. The molecular formula is C14H21ClN2O3S. The Kier molecular flexibility index (Phi) is 6.73. The number of esters is 1. The van der Waals surface area contributed by atoms with Crippen molar-refractivity contribution in [3.8, 4) is 0 Å². The summed E-state index contributed by atoms with van der Waals surface area (Å²) in [6.45, 7) is 1.29. The van der Waals surface area contributed by atoms with Crippen LogP contribution in [0.5, 0.6) is 0 Å². The number of halogens is 1. The van der Waals surface area contributed by atoms with Crippen molar-refractivity contribution in [1.29, 1.82) is 0 Å². The minimum absolute atomic E-state index is 0.180. The number of hydrogen-bond acceptors (Lipinski definition) is 6. The van der Waals surface area contributed by atoms with E-state index in [9.17, 15) is 4.79 Å². The standard InChI is InChI=1S/C14H21ClN2O3S/c1-19-13(18)11-12(15)17-14(21-11)16-8-9-20-10-6-4-2-3-5-7-10/h10H,2-9H2,1H3,(H,16,17). The van der Waals surface area contributed by atoms with Crippen LogP contribution < -0.4 is 5.32 Å². The van der Waals surface area contributed by atoms with E-state index >= 15 is 0 Å². The van der Waals surface area contributed by atoms with Crippen LogP contribution in [-0.4, -0.2) is 37.3 Å². The Labute approximate surface area is 134 Å². The SMILES string of the molecule is COC(=O)c1sc(NCCOC2CCCCCC2)nc1Cl. The maximum Gasteiger partial charge on any atom is 0.351 e. The average Bonchev–Trinajstić information content (AvgIpc) is 2.69. The summed E-state index contributed by atoms with van der Waals surface area (Å²) in [5, 5.41) is 3.93. The summed E-state index contributed by atoms with van der Waals surface area (Å²) in [5.41, 5.74) is 0. The van der Waals surface area contributed by atoms with Crippen molar-refractivity contribution >= 4 is 34.0 Å². The largest absolute Gasteiger partial charge is 0.465 e. The van der Waals surface area contributed by atoms with E-state index < -0.39 is 5.97 Å². The average molecular weight is 333 g/mol. The van der Waals surface area contributed by atoms with Crippen molar-refractivity contribution in [2.24, 2.45) is 0 Å². The van der Waals surface area contributed by atoms with E-state index in [-0.39, 0.29) is 5.15 Å². The van der Waals surface area contributed by atoms with Gasteiger partial charge >= 0.3 is 5.97 Å². The number of thiazole rings is 1. The Hall–Kier alpha value is -0.850. The molecule has 0 aliphatic heterocycles. The molecule has 0 bridgehead atoms. The highest BCUT2D eigenvalue weighted by molar-refractivity contribution is 7.18. The van der Waals surface area contributed by atoms with Gasteiger partial charge in [0, 0.05) is 6.54 Å². The molecule has 2 rings (SSSR count). The van der Waals surface area contributed by atoms with Gasteiger partial charge in [-0.1, -0.05) is 48.6 Å². The smallest absolute Gasteiger partial charge is 0.351 e. The lowest BCUT2D eigenvalue weighted by Crippen LogP contribution is -2.17. The van der Waals surface area contributed by atoms with Crippen molar-refractivity contribution in [2.75, 3.05) is 25.6 Å². The quantitative estimate of drug-likeness (QED) is 0.488. The van der Waals surface area contributed by atoms with Crippen LogP contribution in [0.15, 0.2) is 0 Å². The summed E-state index contributed by atoms with van der Waals surface area (Å²) in [6.07, 6.45) is 7.90. The van der Waals surface area contributed by atoms with E-state index in [1.807, 2.05) is 0 Å². The number of aromatic nitrogens is 1. The topological polar surface area (TPSA) is 60.5 Å². The van der Waals surface area contributed by atoms with Gasteiger partial charge in [-0.2, -0.15) is 0 Å². The number of rotatable bonds is 6. The first kappa shape index (κ1) is 16.5. The van der Waals surface area contributed by atoms with Crippen molar-refractivity contribution in [3.05, 3.63) is 10.0 Å². The molecule has 118 valence electrons. The molecule has 0 saturated heterocycles. The minimum Gasteiger partial charge on any atom is -0.465 e. The Bertz CT molecular complexity index is 459. The highest BCUT2D eigenvalue weighted by Gasteiger charge is 2.17. The van der Waals surface area contributed by atoms with E-state index in [0.717, 1.165) is 12.8 Å². The summed E-state index contributed by atoms with van der Waals surface area (Å²) in [7, 11) is 1.33. The van der Waals surface area contributed by atoms with Crippen LogP contribution in [0.1, 0.15) is 48.2 Å². The zero-order valence-corrected chi connectivity index (χ0v) is 13.8. The molecule has 1 heterocycles. The van der Waals surface area contributed by atoms with Crippen molar-refractivity contribution in [1.82, 2.24) is 4.98 Å². The molecule has 1 saturated carbocycles. The normalized spacial score (nSPS) is 16.5. The molecule has 1 aromatic rings. The van der Waals surface area contributed by atoms with Crippen LogP contribution >= 0.6 is 22.9 Å². The van der Waals surface area contributed by atoms with Crippen LogP contribution in [0.2, 0.25) is 5.15 Å². The van der Waals surface area contributed by atoms with E-state index in [4.69, 9.17) is 16.3 Å². The van der Waals surface area contributed by atoms with Crippen LogP contribution in [0.25, 0.3) is 0 Å². The number of hydrogen-bond donors (Lipinski definition) is 1. The van der Waals surface area contributed by atoms with Gasteiger partial charge in [-0.3, -0.25) is 0 Å². The third-order valence-electron chi connectivity index (χ3n) is 3.49. The molecule has 21 heavy (non-hydrogen) atoms. The Morgan fingerprint density at radius 3 is 2.76 bits per heavy atom. The van der Waals surface area contributed by atoms with E-state index in [1.165, 1.54) is 44.1 Å². The Morgan fingerprint density at radius 2 is 2.10 bits per heavy atom. The lowest BCUT2D eigenvalue weighted by molar-refractivity contribution is 0.0501. The summed E-state index contributed by atoms with van der Waals surface area (Å²) in [6, 6.07) is 0. The maximum absolute atomic E-state index is 11.4. The van der Waals surface area contributed by atoms with Crippen LogP contribution in [0.4, 0.5) is 5.13 Å². The number of ether oxygens (including phenoxy) is 2. The predicted molar refractivity (Wildman–Crippen MR) is 84.4 cm³/mol.